The zero-order chi connectivity index (χ0) is 15.9. The van der Waals surface area contributed by atoms with Crippen LogP contribution in [-0.4, -0.2) is 19.9 Å². The summed E-state index contributed by atoms with van der Waals surface area (Å²) in [6.45, 7) is 0. The standard InChI is InChI=1S/C20H14N4.Ne/c1-2-14-10-16-5-6-18(23-16)12-20-8-7-19(24-20)11-17-4-3-15(22-17)9-13(1)21-14;/h1-12,21-22H;. The van der Waals surface area contributed by atoms with Gasteiger partial charge in [0.05, 0.1) is 22.8 Å². The van der Waals surface area contributed by atoms with E-state index in [0.717, 1.165) is 44.8 Å². The van der Waals surface area contributed by atoms with Crippen LogP contribution in [-0.2, 0) is 0 Å². The minimum absolute atomic E-state index is 0. The van der Waals surface area contributed by atoms with Crippen LogP contribution in [0.2, 0.25) is 0 Å². The zero-order valence-electron chi connectivity index (χ0n) is 13.2. The summed E-state index contributed by atoms with van der Waals surface area (Å²) < 4.78 is 0. The first-order valence-corrected chi connectivity index (χ1v) is 7.85. The second-order valence-electron chi connectivity index (χ2n) is 5.91. The summed E-state index contributed by atoms with van der Waals surface area (Å²) in [5, 5.41) is 0. The summed E-state index contributed by atoms with van der Waals surface area (Å²) in [7, 11) is 0. The second kappa shape index (κ2) is 5.86. The Labute approximate surface area is 144 Å². The Bertz CT molecular complexity index is 1080. The normalized spacial score (nSPS) is 12.2. The van der Waals surface area contributed by atoms with E-state index in [9.17, 15) is 0 Å². The van der Waals surface area contributed by atoms with E-state index >= 15 is 0 Å². The van der Waals surface area contributed by atoms with Gasteiger partial charge in [-0.2, -0.15) is 0 Å². The zero-order valence-corrected chi connectivity index (χ0v) is 13.2. The van der Waals surface area contributed by atoms with Crippen molar-refractivity contribution in [2.75, 3.05) is 0 Å². The van der Waals surface area contributed by atoms with E-state index in [0.29, 0.717) is 0 Å². The van der Waals surface area contributed by atoms with Crippen molar-refractivity contribution in [2.24, 2.45) is 0 Å². The number of nitrogens with zero attached hydrogens (tertiary/aromatic N) is 2. The van der Waals surface area contributed by atoms with Gasteiger partial charge in [-0.3, -0.25) is 0 Å². The third kappa shape index (κ3) is 2.99. The van der Waals surface area contributed by atoms with Crippen LogP contribution in [0.25, 0.3) is 46.4 Å². The molecule has 3 aromatic heterocycles. The van der Waals surface area contributed by atoms with Gasteiger partial charge in [0, 0.05) is 28.2 Å². The molecule has 2 aliphatic heterocycles. The number of hydrogen-bond donors (Lipinski definition) is 2. The predicted octanol–water partition coefficient (Wildman–Crippen LogP) is 4.66. The second-order valence-corrected chi connectivity index (χ2v) is 5.91. The molecule has 0 aliphatic carbocycles. The number of H-pyrrole nitrogens is 2. The van der Waals surface area contributed by atoms with Crippen molar-refractivity contribution < 1.29 is 6.15 Å². The predicted molar refractivity (Wildman–Crippen MR) is 98.9 cm³/mol. The third-order valence-corrected chi connectivity index (χ3v) is 4.04. The Morgan fingerprint density at radius 3 is 1.28 bits per heavy atom. The van der Waals surface area contributed by atoms with Crippen LogP contribution in [0.5, 0.6) is 0 Å². The molecule has 0 spiro atoms. The van der Waals surface area contributed by atoms with E-state index in [-0.39, 0.29) is 6.15 Å². The molecular formula is C20H14N4Ne. The van der Waals surface area contributed by atoms with Gasteiger partial charge in [-0.25, -0.2) is 9.97 Å². The number of aromatic nitrogens is 4. The molecule has 4 nitrogen and oxygen atoms in total. The smallest absolute Gasteiger partial charge is 0.0659 e. The molecule has 0 saturated heterocycles. The topological polar surface area (TPSA) is 57.4 Å². The molecule has 2 aliphatic rings. The van der Waals surface area contributed by atoms with Crippen molar-refractivity contribution in [2.45, 2.75) is 0 Å². The van der Waals surface area contributed by atoms with Crippen LogP contribution in [0.4, 0.5) is 0 Å². The van der Waals surface area contributed by atoms with Gasteiger partial charge < -0.3 is 9.97 Å². The first kappa shape index (κ1) is 15.1. The van der Waals surface area contributed by atoms with E-state index in [4.69, 9.17) is 0 Å². The third-order valence-electron chi connectivity index (χ3n) is 4.04. The van der Waals surface area contributed by atoms with Gasteiger partial charge in [0.1, 0.15) is 0 Å². The first-order valence-electron chi connectivity index (χ1n) is 7.85. The molecule has 0 radical (unpaired) electrons. The number of rotatable bonds is 0. The maximum Gasteiger partial charge on any atom is 0.0659 e. The van der Waals surface area contributed by atoms with Crippen molar-refractivity contribution in [3.05, 3.63) is 71.3 Å². The minimum Gasteiger partial charge on any atom is -0.355 e. The Kier molecular flexibility index (Phi) is 3.53. The van der Waals surface area contributed by atoms with E-state index in [1.165, 1.54) is 0 Å². The van der Waals surface area contributed by atoms with Gasteiger partial charge in [-0.1, -0.05) is 0 Å². The van der Waals surface area contributed by atoms with Gasteiger partial charge in [0.15, 0.2) is 0 Å². The van der Waals surface area contributed by atoms with Crippen LogP contribution < -0.4 is 0 Å². The average molecular weight is 331 g/mol. The molecule has 25 heavy (non-hydrogen) atoms. The molecule has 5 heterocycles. The van der Waals surface area contributed by atoms with Crippen molar-refractivity contribution in [3.8, 4) is 0 Å². The molecule has 3 aromatic rings. The summed E-state index contributed by atoms with van der Waals surface area (Å²) in [6.07, 6.45) is 8.05. The summed E-state index contributed by atoms with van der Waals surface area (Å²) >= 11 is 0. The van der Waals surface area contributed by atoms with Crippen LogP contribution in [0.15, 0.2) is 48.5 Å². The number of hydrogen-bond acceptors (Lipinski definition) is 2. The van der Waals surface area contributed by atoms with Crippen molar-refractivity contribution >= 4 is 46.4 Å². The Morgan fingerprint density at radius 2 is 0.840 bits per heavy atom. The summed E-state index contributed by atoms with van der Waals surface area (Å²) in [4.78, 5) is 16.0. The maximum absolute atomic E-state index is 4.62. The molecule has 2 N–H and O–H groups in total. The van der Waals surface area contributed by atoms with Crippen LogP contribution in [0.3, 0.4) is 0 Å². The monoisotopic (exact) mass is 330 g/mol. The summed E-state index contributed by atoms with van der Waals surface area (Å²) in [6, 6.07) is 16.4. The van der Waals surface area contributed by atoms with Gasteiger partial charge in [-0.05, 0) is 72.8 Å². The minimum atomic E-state index is 0. The van der Waals surface area contributed by atoms with Crippen molar-refractivity contribution in [3.63, 3.8) is 0 Å². The first-order chi connectivity index (χ1) is 11.8. The summed E-state index contributed by atoms with van der Waals surface area (Å²) in [5.41, 5.74) is 7.86. The van der Waals surface area contributed by atoms with E-state index in [1.807, 2.05) is 42.5 Å². The van der Waals surface area contributed by atoms with Crippen LogP contribution >= 0.6 is 0 Å². The number of aromatic amines is 2. The molecular weight excluding hydrogens is 316 g/mol. The quantitative estimate of drug-likeness (QED) is 0.434. The molecule has 122 valence electrons. The average Bonchev–Trinajstić information content (AvgIpc) is 3.32. The largest absolute Gasteiger partial charge is 0.355 e. The van der Waals surface area contributed by atoms with Crippen molar-refractivity contribution in [1.82, 2.24) is 19.9 Å². The molecule has 5 rings (SSSR count). The van der Waals surface area contributed by atoms with Crippen molar-refractivity contribution in [1.29, 1.82) is 0 Å². The van der Waals surface area contributed by atoms with Gasteiger partial charge in [-0.15, -0.1) is 0 Å². The maximum atomic E-state index is 4.62. The van der Waals surface area contributed by atoms with E-state index in [2.05, 4.69) is 50.3 Å². The molecule has 8 bridgehead atoms. The Balaban J connectivity index is 0.00000157. The number of nitrogens with one attached hydrogen (secondary N) is 2. The molecule has 0 amide bonds. The van der Waals surface area contributed by atoms with Gasteiger partial charge in [0.2, 0.25) is 0 Å². The molecule has 0 saturated carbocycles. The van der Waals surface area contributed by atoms with Crippen LogP contribution in [0, 0.1) is 6.15 Å². The van der Waals surface area contributed by atoms with E-state index < -0.39 is 0 Å². The van der Waals surface area contributed by atoms with Crippen LogP contribution in [0.1, 0.15) is 22.8 Å². The SMILES string of the molecule is C1=Cc2cc3ccc(cc4ccc(cc5nc(cc1n2)C=C5)[nH]4)[nH]3.[Ne]. The number of fused-ring (bicyclic) bond motifs is 8. The Hall–Kier alpha value is -3.49. The van der Waals surface area contributed by atoms with Gasteiger partial charge in [0.25, 0.3) is 0 Å². The summed E-state index contributed by atoms with van der Waals surface area (Å²) in [5.74, 6) is 0. The fourth-order valence-corrected chi connectivity index (χ4v) is 2.94. The Morgan fingerprint density at radius 1 is 0.480 bits per heavy atom. The fraction of sp³-hybridized carbons (Fsp3) is 0. The molecule has 0 atom stereocenters. The molecule has 5 heteroatoms. The van der Waals surface area contributed by atoms with E-state index in [1.54, 1.807) is 0 Å². The molecule has 0 fully saturated rings. The van der Waals surface area contributed by atoms with Gasteiger partial charge >= 0.3 is 0 Å². The molecule has 0 aromatic carbocycles. The fourth-order valence-electron chi connectivity index (χ4n) is 2.94. The molecule has 0 unspecified atom stereocenters.